The number of nitrogens with one attached hydrogen (secondary N) is 1. The summed E-state index contributed by atoms with van der Waals surface area (Å²) in [6, 6.07) is 9.04. The van der Waals surface area contributed by atoms with E-state index in [1.165, 1.54) is 36.9 Å². The minimum absolute atomic E-state index is 0.0230. The van der Waals surface area contributed by atoms with Gasteiger partial charge in [-0.3, -0.25) is 4.79 Å². The lowest BCUT2D eigenvalue weighted by atomic mass is 10.3. The van der Waals surface area contributed by atoms with Gasteiger partial charge in [-0.2, -0.15) is 0 Å². The fourth-order valence-electron chi connectivity index (χ4n) is 1.66. The van der Waals surface area contributed by atoms with Gasteiger partial charge in [0, 0.05) is 0 Å². The highest BCUT2D eigenvalue weighted by Crippen LogP contribution is 2.21. The standard InChI is InChI=1S/C15H10FN3O3/c16-11-4-1-2-5-12(11)22-15-17-8-10(9-18-15)19-14(20)13-6-3-7-21-13/h1-9H,(H,19,20). The average molecular weight is 299 g/mol. The zero-order chi connectivity index (χ0) is 15.4. The third-order valence-corrected chi connectivity index (χ3v) is 2.67. The molecule has 0 aliphatic rings. The number of hydrogen-bond donors (Lipinski definition) is 1. The summed E-state index contributed by atoms with van der Waals surface area (Å²) in [6.07, 6.45) is 4.10. The van der Waals surface area contributed by atoms with Crippen molar-refractivity contribution in [2.75, 3.05) is 5.32 Å². The Morgan fingerprint density at radius 1 is 1.14 bits per heavy atom. The van der Waals surface area contributed by atoms with Crippen molar-refractivity contribution in [3.8, 4) is 11.8 Å². The van der Waals surface area contributed by atoms with E-state index < -0.39 is 11.7 Å². The van der Waals surface area contributed by atoms with Gasteiger partial charge in [0.15, 0.2) is 17.3 Å². The minimum Gasteiger partial charge on any atom is -0.459 e. The molecule has 22 heavy (non-hydrogen) atoms. The first-order valence-corrected chi connectivity index (χ1v) is 6.31. The number of rotatable bonds is 4. The molecule has 2 heterocycles. The quantitative estimate of drug-likeness (QED) is 0.800. The first-order chi connectivity index (χ1) is 10.7. The third kappa shape index (κ3) is 3.09. The Kier molecular flexibility index (Phi) is 3.78. The van der Waals surface area contributed by atoms with Crippen molar-refractivity contribution in [1.29, 1.82) is 0 Å². The normalized spacial score (nSPS) is 10.2. The number of furan rings is 1. The second-order valence-electron chi connectivity index (χ2n) is 4.22. The summed E-state index contributed by atoms with van der Waals surface area (Å²) in [7, 11) is 0. The molecule has 0 fully saturated rings. The molecule has 1 aromatic carbocycles. The Morgan fingerprint density at radius 3 is 2.59 bits per heavy atom. The number of para-hydroxylation sites is 1. The van der Waals surface area contributed by atoms with Crippen molar-refractivity contribution in [2.24, 2.45) is 0 Å². The topological polar surface area (TPSA) is 77.2 Å². The van der Waals surface area contributed by atoms with Crippen LogP contribution in [0.3, 0.4) is 0 Å². The maximum atomic E-state index is 13.4. The van der Waals surface area contributed by atoms with Crippen molar-refractivity contribution in [1.82, 2.24) is 9.97 Å². The Hall–Kier alpha value is -3.22. The number of anilines is 1. The summed E-state index contributed by atoms with van der Waals surface area (Å²) < 4.78 is 23.6. The van der Waals surface area contributed by atoms with Crippen LogP contribution < -0.4 is 10.1 Å². The maximum Gasteiger partial charge on any atom is 0.322 e. The van der Waals surface area contributed by atoms with Crippen LogP contribution in [0.1, 0.15) is 10.6 Å². The van der Waals surface area contributed by atoms with E-state index in [1.807, 2.05) is 0 Å². The van der Waals surface area contributed by atoms with Gasteiger partial charge in [0.25, 0.3) is 5.91 Å². The van der Waals surface area contributed by atoms with Crippen LogP contribution in [0.15, 0.2) is 59.5 Å². The van der Waals surface area contributed by atoms with E-state index in [1.54, 1.807) is 18.2 Å². The molecule has 0 saturated carbocycles. The number of carbonyl (C=O) groups excluding carboxylic acids is 1. The number of amides is 1. The van der Waals surface area contributed by atoms with Crippen molar-refractivity contribution >= 4 is 11.6 Å². The number of carbonyl (C=O) groups is 1. The van der Waals surface area contributed by atoms with E-state index >= 15 is 0 Å². The largest absolute Gasteiger partial charge is 0.459 e. The maximum absolute atomic E-state index is 13.4. The van der Waals surface area contributed by atoms with Crippen molar-refractivity contribution in [2.45, 2.75) is 0 Å². The molecule has 110 valence electrons. The smallest absolute Gasteiger partial charge is 0.322 e. The third-order valence-electron chi connectivity index (χ3n) is 2.67. The van der Waals surface area contributed by atoms with Crippen LogP contribution in [-0.4, -0.2) is 15.9 Å². The molecule has 0 unspecified atom stereocenters. The van der Waals surface area contributed by atoms with Crippen LogP contribution in [0.4, 0.5) is 10.1 Å². The summed E-state index contributed by atoms with van der Waals surface area (Å²) in [4.78, 5) is 19.6. The van der Waals surface area contributed by atoms with Gasteiger partial charge in [-0.15, -0.1) is 0 Å². The fraction of sp³-hybridized carbons (Fsp3) is 0. The van der Waals surface area contributed by atoms with E-state index in [9.17, 15) is 9.18 Å². The highest BCUT2D eigenvalue weighted by atomic mass is 19.1. The molecule has 0 spiro atoms. The Balaban J connectivity index is 1.68. The van der Waals surface area contributed by atoms with E-state index in [0.717, 1.165) is 0 Å². The van der Waals surface area contributed by atoms with Gasteiger partial charge in [0.1, 0.15) is 0 Å². The van der Waals surface area contributed by atoms with Crippen molar-refractivity contribution in [3.05, 3.63) is 66.6 Å². The second-order valence-corrected chi connectivity index (χ2v) is 4.22. The molecule has 0 atom stereocenters. The molecular weight excluding hydrogens is 289 g/mol. The van der Waals surface area contributed by atoms with Crippen molar-refractivity contribution < 1.29 is 18.3 Å². The summed E-state index contributed by atoms with van der Waals surface area (Å²) >= 11 is 0. The molecule has 0 aliphatic carbocycles. The lowest BCUT2D eigenvalue weighted by Crippen LogP contribution is -2.11. The Morgan fingerprint density at radius 2 is 1.91 bits per heavy atom. The van der Waals surface area contributed by atoms with E-state index in [-0.39, 0.29) is 17.5 Å². The van der Waals surface area contributed by atoms with Gasteiger partial charge < -0.3 is 14.5 Å². The molecule has 0 saturated heterocycles. The lowest BCUT2D eigenvalue weighted by Gasteiger charge is -2.06. The lowest BCUT2D eigenvalue weighted by molar-refractivity contribution is 0.0996. The van der Waals surface area contributed by atoms with E-state index in [4.69, 9.17) is 9.15 Å². The zero-order valence-electron chi connectivity index (χ0n) is 11.2. The minimum atomic E-state index is -0.513. The van der Waals surface area contributed by atoms with Gasteiger partial charge in [0.2, 0.25) is 0 Å². The summed E-state index contributed by atoms with van der Waals surface area (Å²) in [5.74, 6) is -0.737. The summed E-state index contributed by atoms with van der Waals surface area (Å²) in [5, 5.41) is 2.56. The predicted octanol–water partition coefficient (Wildman–Crippen LogP) is 3.25. The number of aromatic nitrogens is 2. The predicted molar refractivity (Wildman–Crippen MR) is 75.2 cm³/mol. The van der Waals surface area contributed by atoms with E-state index in [0.29, 0.717) is 5.69 Å². The van der Waals surface area contributed by atoms with Gasteiger partial charge >= 0.3 is 6.01 Å². The number of halogens is 1. The highest BCUT2D eigenvalue weighted by Gasteiger charge is 2.10. The second kappa shape index (κ2) is 6.04. The Bertz CT molecular complexity index is 773. The molecule has 2 aromatic heterocycles. The molecule has 3 aromatic rings. The highest BCUT2D eigenvalue weighted by molar-refractivity contribution is 6.01. The molecule has 0 radical (unpaired) electrons. The molecule has 3 rings (SSSR count). The molecule has 7 heteroatoms. The molecule has 0 aliphatic heterocycles. The number of benzene rings is 1. The number of ether oxygens (including phenoxy) is 1. The summed E-state index contributed by atoms with van der Waals surface area (Å²) in [5.41, 5.74) is 0.363. The summed E-state index contributed by atoms with van der Waals surface area (Å²) in [6.45, 7) is 0. The first kappa shape index (κ1) is 13.7. The van der Waals surface area contributed by atoms with Crippen LogP contribution in [0, 0.1) is 5.82 Å². The van der Waals surface area contributed by atoms with Gasteiger partial charge in [-0.25, -0.2) is 14.4 Å². The van der Waals surface area contributed by atoms with Crippen LogP contribution in [0.2, 0.25) is 0 Å². The number of hydrogen-bond acceptors (Lipinski definition) is 5. The van der Waals surface area contributed by atoms with Gasteiger partial charge in [0.05, 0.1) is 24.3 Å². The first-order valence-electron chi connectivity index (χ1n) is 6.31. The monoisotopic (exact) mass is 299 g/mol. The van der Waals surface area contributed by atoms with E-state index in [2.05, 4.69) is 15.3 Å². The SMILES string of the molecule is O=C(Nc1cnc(Oc2ccccc2F)nc1)c1ccco1. The van der Waals surface area contributed by atoms with Crippen LogP contribution >= 0.6 is 0 Å². The molecular formula is C15H10FN3O3. The molecule has 6 nitrogen and oxygen atoms in total. The Labute approximate surface area is 124 Å². The van der Waals surface area contributed by atoms with Gasteiger partial charge in [-0.1, -0.05) is 12.1 Å². The fourth-order valence-corrected chi connectivity index (χ4v) is 1.66. The van der Waals surface area contributed by atoms with Gasteiger partial charge in [-0.05, 0) is 24.3 Å². The number of nitrogens with zero attached hydrogens (tertiary/aromatic N) is 2. The molecule has 1 amide bonds. The van der Waals surface area contributed by atoms with Crippen molar-refractivity contribution in [3.63, 3.8) is 0 Å². The van der Waals surface area contributed by atoms with Crippen LogP contribution in [-0.2, 0) is 0 Å². The molecule has 0 bridgehead atoms. The van der Waals surface area contributed by atoms with Crippen LogP contribution in [0.5, 0.6) is 11.8 Å². The van der Waals surface area contributed by atoms with Crippen LogP contribution in [0.25, 0.3) is 0 Å². The zero-order valence-corrected chi connectivity index (χ0v) is 11.2. The average Bonchev–Trinajstić information content (AvgIpc) is 3.06. The molecule has 1 N–H and O–H groups in total.